The van der Waals surface area contributed by atoms with E-state index in [1.54, 1.807) is 0 Å². The molecule has 0 aromatic heterocycles. The molecule has 1 aliphatic heterocycles. The minimum atomic E-state index is 0.829. The minimum absolute atomic E-state index is 0.829. The van der Waals surface area contributed by atoms with Crippen LogP contribution in [0.5, 0.6) is 0 Å². The topological polar surface area (TPSA) is 15.0 Å². The van der Waals surface area contributed by atoms with Gasteiger partial charge in [0.15, 0.2) is 0 Å². The predicted octanol–water partition coefficient (Wildman–Crippen LogP) is 2.00. The molecule has 0 unspecified atom stereocenters. The second-order valence-corrected chi connectivity index (χ2v) is 4.84. The smallest absolute Gasteiger partial charge is 0.0110 e. The van der Waals surface area contributed by atoms with Crippen molar-refractivity contribution in [2.24, 2.45) is 0 Å². The first-order valence-corrected chi connectivity index (χ1v) is 6.41. The Kier molecular flexibility index (Phi) is 4.26. The predicted molar refractivity (Wildman–Crippen MR) is 60.5 cm³/mol. The second-order valence-electron chi connectivity index (χ2n) is 4.84. The van der Waals surface area contributed by atoms with Crippen molar-refractivity contribution in [1.82, 2.24) is 10.2 Å². The summed E-state index contributed by atoms with van der Waals surface area (Å²) < 4.78 is 0. The van der Waals surface area contributed by atoms with Crippen LogP contribution >= 0.6 is 0 Å². The Labute approximate surface area is 88.1 Å². The quantitative estimate of drug-likeness (QED) is 0.692. The molecule has 2 heteroatoms. The summed E-state index contributed by atoms with van der Waals surface area (Å²) in [6, 6.07) is 0.829. The molecule has 1 saturated carbocycles. The van der Waals surface area contributed by atoms with Gasteiger partial charge in [-0.05, 0) is 12.8 Å². The molecule has 2 fully saturated rings. The molecule has 1 N–H and O–H groups in total. The van der Waals surface area contributed by atoms with Gasteiger partial charge in [0, 0.05) is 32.2 Å². The summed E-state index contributed by atoms with van der Waals surface area (Å²) in [5.41, 5.74) is 0. The molecule has 2 aliphatic rings. The first-order valence-electron chi connectivity index (χ1n) is 6.41. The van der Waals surface area contributed by atoms with Gasteiger partial charge < -0.3 is 5.32 Å². The van der Waals surface area contributed by atoms with E-state index < -0.39 is 0 Å². The minimum Gasteiger partial charge on any atom is -0.313 e. The highest BCUT2D eigenvalue weighted by Crippen LogP contribution is 2.16. The molecule has 82 valence electrons. The monoisotopic (exact) mass is 196 g/mol. The number of hydrogen-bond donors (Lipinski definition) is 1. The van der Waals surface area contributed by atoms with Gasteiger partial charge in [0.05, 0.1) is 0 Å². The maximum absolute atomic E-state index is 3.72. The highest BCUT2D eigenvalue weighted by atomic mass is 15.3. The van der Waals surface area contributed by atoms with E-state index in [9.17, 15) is 0 Å². The first kappa shape index (κ1) is 10.4. The Morgan fingerprint density at radius 1 is 0.929 bits per heavy atom. The van der Waals surface area contributed by atoms with Gasteiger partial charge >= 0.3 is 0 Å². The molecule has 0 bridgehead atoms. The third kappa shape index (κ3) is 3.97. The molecule has 2 nitrogen and oxygen atoms in total. The maximum atomic E-state index is 3.72. The maximum Gasteiger partial charge on any atom is 0.0110 e. The average Bonchev–Trinajstić information content (AvgIpc) is 2.92. The molecule has 0 atom stereocenters. The zero-order valence-electron chi connectivity index (χ0n) is 9.30. The fourth-order valence-corrected chi connectivity index (χ4v) is 2.38. The van der Waals surface area contributed by atoms with E-state index in [-0.39, 0.29) is 0 Å². The van der Waals surface area contributed by atoms with Crippen LogP contribution in [0.25, 0.3) is 0 Å². The van der Waals surface area contributed by atoms with Crippen molar-refractivity contribution >= 4 is 0 Å². The van der Waals surface area contributed by atoms with Crippen LogP contribution in [0, 0.1) is 0 Å². The highest BCUT2D eigenvalue weighted by Gasteiger charge is 2.16. The summed E-state index contributed by atoms with van der Waals surface area (Å²) in [6.07, 6.45) is 10.1. The van der Waals surface area contributed by atoms with Crippen LogP contribution in [0.15, 0.2) is 0 Å². The van der Waals surface area contributed by atoms with Gasteiger partial charge in [0.25, 0.3) is 0 Å². The lowest BCUT2D eigenvalue weighted by Crippen LogP contribution is -2.33. The van der Waals surface area contributed by atoms with Gasteiger partial charge in [-0.3, -0.25) is 4.90 Å². The zero-order valence-corrected chi connectivity index (χ0v) is 9.30. The lowest BCUT2D eigenvalue weighted by molar-refractivity contribution is 0.379. The van der Waals surface area contributed by atoms with Crippen LogP contribution < -0.4 is 5.32 Å². The van der Waals surface area contributed by atoms with Crippen LogP contribution in [-0.4, -0.2) is 37.1 Å². The Hall–Kier alpha value is -0.0800. The van der Waals surface area contributed by atoms with Crippen LogP contribution in [-0.2, 0) is 0 Å². The first-order chi connectivity index (χ1) is 6.95. The van der Waals surface area contributed by atoms with Crippen molar-refractivity contribution in [1.29, 1.82) is 0 Å². The van der Waals surface area contributed by atoms with Crippen molar-refractivity contribution < 1.29 is 0 Å². The highest BCUT2D eigenvalue weighted by molar-refractivity contribution is 4.75. The molecule has 14 heavy (non-hydrogen) atoms. The molecule has 0 aromatic rings. The third-order valence-corrected chi connectivity index (χ3v) is 3.51. The third-order valence-electron chi connectivity index (χ3n) is 3.51. The van der Waals surface area contributed by atoms with Gasteiger partial charge in [-0.2, -0.15) is 0 Å². The lowest BCUT2D eigenvalue weighted by atomic mass is 9.97. The molecule has 0 aromatic carbocycles. The fourth-order valence-electron chi connectivity index (χ4n) is 2.38. The number of rotatable bonds is 4. The van der Waals surface area contributed by atoms with Crippen LogP contribution in [0.1, 0.15) is 44.9 Å². The van der Waals surface area contributed by atoms with Gasteiger partial charge in [0.1, 0.15) is 0 Å². The lowest BCUT2D eigenvalue weighted by Gasteiger charge is -2.21. The Morgan fingerprint density at radius 2 is 1.57 bits per heavy atom. The summed E-state index contributed by atoms with van der Waals surface area (Å²) in [6.45, 7) is 5.17. The van der Waals surface area contributed by atoms with Crippen molar-refractivity contribution in [3.63, 3.8) is 0 Å². The number of hydrogen-bond acceptors (Lipinski definition) is 2. The van der Waals surface area contributed by atoms with E-state index in [0.717, 1.165) is 6.04 Å². The molecular weight excluding hydrogens is 172 g/mol. The summed E-state index contributed by atoms with van der Waals surface area (Å²) in [7, 11) is 0. The summed E-state index contributed by atoms with van der Waals surface area (Å²) in [4.78, 5) is 2.50. The van der Waals surface area contributed by atoms with Crippen LogP contribution in [0.3, 0.4) is 0 Å². The largest absolute Gasteiger partial charge is 0.313 e. The van der Waals surface area contributed by atoms with E-state index in [4.69, 9.17) is 0 Å². The standard InChI is InChI=1S/C12H24N2/c1-2-4-6-12(7-5-3-1)13-8-9-14-10-11-14/h12-13H,1-11H2. The van der Waals surface area contributed by atoms with E-state index in [1.165, 1.54) is 71.1 Å². The zero-order chi connectivity index (χ0) is 9.64. The Bertz CT molecular complexity index is 146. The van der Waals surface area contributed by atoms with E-state index >= 15 is 0 Å². The Balaban J connectivity index is 1.56. The molecule has 0 amide bonds. The van der Waals surface area contributed by atoms with Gasteiger partial charge in [-0.25, -0.2) is 0 Å². The van der Waals surface area contributed by atoms with Crippen molar-refractivity contribution in [3.05, 3.63) is 0 Å². The van der Waals surface area contributed by atoms with Gasteiger partial charge in [0.2, 0.25) is 0 Å². The summed E-state index contributed by atoms with van der Waals surface area (Å²) in [5, 5.41) is 3.72. The van der Waals surface area contributed by atoms with Crippen LogP contribution in [0.2, 0.25) is 0 Å². The second kappa shape index (κ2) is 5.72. The van der Waals surface area contributed by atoms with Crippen molar-refractivity contribution in [2.75, 3.05) is 26.2 Å². The summed E-state index contributed by atoms with van der Waals surface area (Å²) >= 11 is 0. The molecular formula is C12H24N2. The molecule has 1 saturated heterocycles. The average molecular weight is 196 g/mol. The van der Waals surface area contributed by atoms with Crippen LogP contribution in [0.4, 0.5) is 0 Å². The molecule has 0 radical (unpaired) electrons. The van der Waals surface area contributed by atoms with Crippen molar-refractivity contribution in [3.8, 4) is 0 Å². The molecule has 2 rings (SSSR count). The van der Waals surface area contributed by atoms with Gasteiger partial charge in [-0.15, -0.1) is 0 Å². The molecule has 1 heterocycles. The molecule has 1 aliphatic carbocycles. The van der Waals surface area contributed by atoms with E-state index in [1.807, 2.05) is 0 Å². The summed E-state index contributed by atoms with van der Waals surface area (Å²) in [5.74, 6) is 0. The Morgan fingerprint density at radius 3 is 2.21 bits per heavy atom. The normalized spacial score (nSPS) is 25.7. The SMILES string of the molecule is C1CCCC(NCCN2CC2)CCC1. The van der Waals surface area contributed by atoms with E-state index in [0.29, 0.717) is 0 Å². The van der Waals surface area contributed by atoms with Crippen molar-refractivity contribution in [2.45, 2.75) is 51.0 Å². The number of nitrogens with zero attached hydrogens (tertiary/aromatic N) is 1. The molecule has 0 spiro atoms. The van der Waals surface area contributed by atoms with E-state index in [2.05, 4.69) is 10.2 Å². The fraction of sp³-hybridized carbons (Fsp3) is 1.00. The van der Waals surface area contributed by atoms with Gasteiger partial charge in [-0.1, -0.05) is 32.1 Å². The number of nitrogens with one attached hydrogen (secondary N) is 1.